The lowest BCUT2D eigenvalue weighted by Crippen LogP contribution is -1.78. The predicted molar refractivity (Wildman–Crippen MR) is 54.1 cm³/mol. The number of hydrogen-bond donors (Lipinski definition) is 1. The third-order valence-corrected chi connectivity index (χ3v) is 1.86. The van der Waals surface area contributed by atoms with Crippen LogP contribution in [-0.2, 0) is 0 Å². The second-order valence-corrected chi connectivity index (χ2v) is 2.76. The minimum atomic E-state index is 0.885. The third-order valence-electron chi connectivity index (χ3n) is 1.86. The molecule has 0 aliphatic heterocycles. The number of imidazole rings is 1. The van der Waals surface area contributed by atoms with E-state index < -0.39 is 0 Å². The van der Waals surface area contributed by atoms with Crippen LogP contribution in [0.4, 0.5) is 0 Å². The Morgan fingerprint density at radius 3 is 2.62 bits per heavy atom. The number of nitrogens with zero attached hydrogens (tertiary/aromatic N) is 1. The fourth-order valence-corrected chi connectivity index (χ4v) is 1.18. The van der Waals surface area contributed by atoms with Crippen LogP contribution in [0.2, 0.25) is 0 Å². The summed E-state index contributed by atoms with van der Waals surface area (Å²) in [6, 6.07) is 10.0. The molecule has 2 heteroatoms. The average Bonchev–Trinajstić information content (AvgIpc) is 2.67. The fourth-order valence-electron chi connectivity index (χ4n) is 1.18. The summed E-state index contributed by atoms with van der Waals surface area (Å²) in [5.41, 5.74) is 2.04. The van der Waals surface area contributed by atoms with Crippen LogP contribution in [0, 0.1) is 0 Å². The smallest absolute Gasteiger partial charge is 0.137 e. The molecule has 0 fully saturated rings. The molecule has 0 unspecified atom stereocenters. The highest BCUT2D eigenvalue weighted by atomic mass is 14.9. The van der Waals surface area contributed by atoms with Gasteiger partial charge in [-0.2, -0.15) is 0 Å². The van der Waals surface area contributed by atoms with Crippen molar-refractivity contribution in [3.63, 3.8) is 0 Å². The monoisotopic (exact) mass is 170 g/mol. The summed E-state index contributed by atoms with van der Waals surface area (Å²) < 4.78 is 0. The van der Waals surface area contributed by atoms with Gasteiger partial charge >= 0.3 is 0 Å². The van der Waals surface area contributed by atoms with E-state index in [9.17, 15) is 0 Å². The molecule has 0 aliphatic carbocycles. The van der Waals surface area contributed by atoms with Gasteiger partial charge in [0.15, 0.2) is 0 Å². The van der Waals surface area contributed by atoms with Crippen molar-refractivity contribution in [1.29, 1.82) is 0 Å². The molecule has 64 valence electrons. The SMILES string of the molecule is C=Cc1cnc(-c2ccccc2)[nH]1. The highest BCUT2D eigenvalue weighted by Gasteiger charge is 1.99. The Morgan fingerprint density at radius 1 is 1.23 bits per heavy atom. The lowest BCUT2D eigenvalue weighted by Gasteiger charge is -1.93. The van der Waals surface area contributed by atoms with E-state index in [1.165, 1.54) is 0 Å². The van der Waals surface area contributed by atoms with Crippen molar-refractivity contribution < 1.29 is 0 Å². The standard InChI is InChI=1S/C11H10N2/c1-2-10-8-12-11(13-10)9-6-4-3-5-7-9/h2-8H,1H2,(H,12,13). The van der Waals surface area contributed by atoms with Crippen LogP contribution >= 0.6 is 0 Å². The summed E-state index contributed by atoms with van der Waals surface area (Å²) in [5.74, 6) is 0.885. The average molecular weight is 170 g/mol. The number of rotatable bonds is 2. The highest BCUT2D eigenvalue weighted by molar-refractivity contribution is 5.57. The molecule has 0 radical (unpaired) electrons. The van der Waals surface area contributed by atoms with Crippen LogP contribution in [0.15, 0.2) is 43.1 Å². The zero-order valence-electron chi connectivity index (χ0n) is 7.20. The normalized spacial score (nSPS) is 9.85. The van der Waals surface area contributed by atoms with Gasteiger partial charge in [0, 0.05) is 5.56 Å². The highest BCUT2D eigenvalue weighted by Crippen LogP contribution is 2.14. The Morgan fingerprint density at radius 2 is 2.00 bits per heavy atom. The quantitative estimate of drug-likeness (QED) is 0.737. The topological polar surface area (TPSA) is 28.7 Å². The van der Waals surface area contributed by atoms with Gasteiger partial charge in [-0.25, -0.2) is 4.98 Å². The molecule has 0 atom stereocenters. The Balaban J connectivity index is 2.41. The van der Waals surface area contributed by atoms with Crippen LogP contribution in [0.3, 0.4) is 0 Å². The van der Waals surface area contributed by atoms with Crippen molar-refractivity contribution in [2.75, 3.05) is 0 Å². The van der Waals surface area contributed by atoms with E-state index in [2.05, 4.69) is 16.5 Å². The predicted octanol–water partition coefficient (Wildman–Crippen LogP) is 2.72. The van der Waals surface area contributed by atoms with Crippen molar-refractivity contribution in [2.24, 2.45) is 0 Å². The van der Waals surface area contributed by atoms with Gasteiger partial charge in [0.1, 0.15) is 5.82 Å². The number of benzene rings is 1. The van der Waals surface area contributed by atoms with E-state index in [-0.39, 0.29) is 0 Å². The zero-order chi connectivity index (χ0) is 9.10. The maximum Gasteiger partial charge on any atom is 0.137 e. The van der Waals surface area contributed by atoms with Crippen LogP contribution in [0.5, 0.6) is 0 Å². The second-order valence-electron chi connectivity index (χ2n) is 2.76. The molecule has 13 heavy (non-hydrogen) atoms. The van der Waals surface area contributed by atoms with Crippen molar-refractivity contribution in [1.82, 2.24) is 9.97 Å². The van der Waals surface area contributed by atoms with Crippen molar-refractivity contribution >= 4 is 6.08 Å². The van der Waals surface area contributed by atoms with Crippen LogP contribution in [0.25, 0.3) is 17.5 Å². The maximum absolute atomic E-state index is 4.23. The number of aromatic nitrogens is 2. The molecule has 0 saturated carbocycles. The molecule has 1 heterocycles. The Bertz CT molecular complexity index is 401. The summed E-state index contributed by atoms with van der Waals surface area (Å²) in [4.78, 5) is 7.38. The summed E-state index contributed by atoms with van der Waals surface area (Å²) in [6.45, 7) is 3.67. The minimum Gasteiger partial charge on any atom is -0.338 e. The summed E-state index contributed by atoms with van der Waals surface area (Å²) >= 11 is 0. The van der Waals surface area contributed by atoms with Crippen LogP contribution in [0.1, 0.15) is 5.69 Å². The minimum absolute atomic E-state index is 0.885. The van der Waals surface area contributed by atoms with Gasteiger partial charge in [-0.1, -0.05) is 36.9 Å². The lowest BCUT2D eigenvalue weighted by molar-refractivity contribution is 1.30. The zero-order valence-corrected chi connectivity index (χ0v) is 7.20. The Kier molecular flexibility index (Phi) is 1.96. The first-order chi connectivity index (χ1) is 6.40. The molecule has 2 rings (SSSR count). The molecular formula is C11H10N2. The first-order valence-electron chi connectivity index (χ1n) is 4.13. The molecule has 0 amide bonds. The van der Waals surface area contributed by atoms with Gasteiger partial charge in [0.2, 0.25) is 0 Å². The van der Waals surface area contributed by atoms with Crippen LogP contribution < -0.4 is 0 Å². The first-order valence-corrected chi connectivity index (χ1v) is 4.13. The molecule has 2 nitrogen and oxygen atoms in total. The van der Waals surface area contributed by atoms with Gasteiger partial charge < -0.3 is 4.98 Å². The molecule has 0 aliphatic rings. The van der Waals surface area contributed by atoms with E-state index in [1.54, 1.807) is 12.3 Å². The summed E-state index contributed by atoms with van der Waals surface area (Å²) in [7, 11) is 0. The molecule has 2 aromatic rings. The maximum atomic E-state index is 4.23. The fraction of sp³-hybridized carbons (Fsp3) is 0. The van der Waals surface area contributed by atoms with Gasteiger partial charge in [-0.15, -0.1) is 0 Å². The van der Waals surface area contributed by atoms with Crippen molar-refractivity contribution in [3.05, 3.63) is 48.8 Å². The van der Waals surface area contributed by atoms with Gasteiger partial charge in [-0.3, -0.25) is 0 Å². The Labute approximate surface area is 77.0 Å². The molecule has 0 spiro atoms. The molecule has 0 bridgehead atoms. The van der Waals surface area contributed by atoms with Crippen molar-refractivity contribution in [3.8, 4) is 11.4 Å². The first kappa shape index (κ1) is 7.80. The summed E-state index contributed by atoms with van der Waals surface area (Å²) in [6.07, 6.45) is 3.52. The van der Waals surface area contributed by atoms with Gasteiger partial charge in [-0.05, 0) is 6.08 Å². The van der Waals surface area contributed by atoms with E-state index in [0.29, 0.717) is 0 Å². The molecule has 1 N–H and O–H groups in total. The molecule has 1 aromatic heterocycles. The number of nitrogens with one attached hydrogen (secondary N) is 1. The van der Waals surface area contributed by atoms with E-state index in [4.69, 9.17) is 0 Å². The van der Waals surface area contributed by atoms with E-state index in [1.807, 2.05) is 30.3 Å². The number of H-pyrrole nitrogens is 1. The van der Waals surface area contributed by atoms with E-state index in [0.717, 1.165) is 17.1 Å². The molecule has 0 saturated heterocycles. The van der Waals surface area contributed by atoms with Crippen LogP contribution in [-0.4, -0.2) is 9.97 Å². The second kappa shape index (κ2) is 3.27. The van der Waals surface area contributed by atoms with E-state index >= 15 is 0 Å². The number of hydrogen-bond acceptors (Lipinski definition) is 1. The molecular weight excluding hydrogens is 160 g/mol. The van der Waals surface area contributed by atoms with Gasteiger partial charge in [0.05, 0.1) is 11.9 Å². The number of aromatic amines is 1. The Hall–Kier alpha value is -1.83. The molecule has 1 aromatic carbocycles. The summed E-state index contributed by atoms with van der Waals surface area (Å²) in [5, 5.41) is 0. The largest absolute Gasteiger partial charge is 0.338 e. The lowest BCUT2D eigenvalue weighted by atomic mass is 10.2. The third kappa shape index (κ3) is 1.51. The van der Waals surface area contributed by atoms with Crippen molar-refractivity contribution in [2.45, 2.75) is 0 Å². The van der Waals surface area contributed by atoms with Gasteiger partial charge in [0.25, 0.3) is 0 Å².